The van der Waals surface area contributed by atoms with Gasteiger partial charge in [0.2, 0.25) is 0 Å². The van der Waals surface area contributed by atoms with Crippen LogP contribution in [0, 0.1) is 11.3 Å². The monoisotopic (exact) mass is 236 g/mol. The highest BCUT2D eigenvalue weighted by Gasteiger charge is 2.05. The van der Waals surface area contributed by atoms with E-state index >= 15 is 0 Å². The average Bonchev–Trinajstić information content (AvgIpc) is 2.30. The van der Waals surface area contributed by atoms with Crippen molar-refractivity contribution in [3.8, 4) is 6.07 Å². The lowest BCUT2D eigenvalue weighted by Gasteiger charge is -2.03. The minimum Gasteiger partial charge on any atom is -0.466 e. The van der Waals surface area contributed by atoms with Crippen LogP contribution in [0.3, 0.4) is 0 Å². The number of esters is 1. The molecule has 84 valence electrons. The fourth-order valence-electron chi connectivity index (χ4n) is 1.06. The zero-order valence-electron chi connectivity index (χ0n) is 8.97. The first-order valence-corrected chi connectivity index (χ1v) is 5.89. The van der Waals surface area contributed by atoms with E-state index in [4.69, 9.17) is 10.00 Å². The molecule has 0 radical (unpaired) electrons. The van der Waals surface area contributed by atoms with Gasteiger partial charge in [0.25, 0.3) is 0 Å². The van der Waals surface area contributed by atoms with Crippen molar-refractivity contribution in [3.05, 3.63) is 24.0 Å². The van der Waals surface area contributed by atoms with Crippen molar-refractivity contribution < 1.29 is 9.53 Å². The first-order valence-electron chi connectivity index (χ1n) is 4.90. The van der Waals surface area contributed by atoms with Crippen molar-refractivity contribution in [1.29, 1.82) is 5.26 Å². The van der Waals surface area contributed by atoms with Crippen molar-refractivity contribution in [2.45, 2.75) is 18.2 Å². The maximum atomic E-state index is 11.1. The van der Waals surface area contributed by atoms with Crippen LogP contribution < -0.4 is 0 Å². The van der Waals surface area contributed by atoms with E-state index in [0.717, 1.165) is 4.90 Å². The molecule has 0 saturated carbocycles. The molecule has 0 aliphatic heterocycles. The van der Waals surface area contributed by atoms with Crippen LogP contribution in [-0.2, 0) is 9.53 Å². The first kappa shape index (κ1) is 12.5. The Hall–Kier alpha value is -1.54. The first-order chi connectivity index (χ1) is 7.77. The molecule has 0 N–H and O–H groups in total. The van der Waals surface area contributed by atoms with E-state index in [1.807, 2.05) is 0 Å². The normalized spacial score (nSPS) is 9.50. The number of hydrogen-bond acceptors (Lipinski definition) is 5. The Balaban J connectivity index is 2.43. The van der Waals surface area contributed by atoms with E-state index in [1.165, 1.54) is 11.8 Å². The Morgan fingerprint density at radius 3 is 3.19 bits per heavy atom. The summed E-state index contributed by atoms with van der Waals surface area (Å²) in [6, 6.07) is 3.74. The third-order valence-electron chi connectivity index (χ3n) is 1.77. The molecule has 0 spiro atoms. The standard InChI is InChI=1S/C11H12N2O2S/c1-2-15-11(14)4-6-16-10-8-13-5-3-9(10)7-12/h3,5,8H,2,4,6H2,1H3. The van der Waals surface area contributed by atoms with Gasteiger partial charge in [0.1, 0.15) is 6.07 Å². The van der Waals surface area contributed by atoms with Crippen molar-refractivity contribution in [2.24, 2.45) is 0 Å². The number of carbonyl (C=O) groups is 1. The lowest BCUT2D eigenvalue weighted by molar-refractivity contribution is -0.142. The fraction of sp³-hybridized carbons (Fsp3) is 0.364. The summed E-state index contributed by atoms with van der Waals surface area (Å²) in [7, 11) is 0. The maximum absolute atomic E-state index is 11.1. The molecule has 0 amide bonds. The van der Waals surface area contributed by atoms with E-state index in [0.29, 0.717) is 24.3 Å². The lowest BCUT2D eigenvalue weighted by Crippen LogP contribution is -2.04. The quantitative estimate of drug-likeness (QED) is 0.578. The molecule has 1 rings (SSSR count). The maximum Gasteiger partial charge on any atom is 0.306 e. The molecule has 0 atom stereocenters. The van der Waals surface area contributed by atoms with Gasteiger partial charge in [-0.15, -0.1) is 11.8 Å². The number of rotatable bonds is 5. The Morgan fingerprint density at radius 2 is 2.50 bits per heavy atom. The van der Waals surface area contributed by atoms with Gasteiger partial charge in [-0.25, -0.2) is 0 Å². The number of hydrogen-bond donors (Lipinski definition) is 0. The van der Waals surface area contributed by atoms with Crippen molar-refractivity contribution in [2.75, 3.05) is 12.4 Å². The van der Waals surface area contributed by atoms with Gasteiger partial charge in [0.15, 0.2) is 0 Å². The smallest absolute Gasteiger partial charge is 0.306 e. The van der Waals surface area contributed by atoms with Gasteiger partial charge in [-0.1, -0.05) is 0 Å². The summed E-state index contributed by atoms with van der Waals surface area (Å²) < 4.78 is 4.80. The summed E-state index contributed by atoms with van der Waals surface area (Å²) in [5, 5.41) is 8.83. The summed E-state index contributed by atoms with van der Waals surface area (Å²) in [5.41, 5.74) is 0.587. The molecule has 0 fully saturated rings. The highest BCUT2D eigenvalue weighted by Crippen LogP contribution is 2.21. The Labute approximate surface area is 98.6 Å². The lowest BCUT2D eigenvalue weighted by atomic mass is 10.3. The molecule has 4 nitrogen and oxygen atoms in total. The van der Waals surface area contributed by atoms with Gasteiger partial charge in [-0.3, -0.25) is 9.78 Å². The number of carbonyl (C=O) groups excluding carboxylic acids is 1. The molecule has 1 heterocycles. The third kappa shape index (κ3) is 3.91. The summed E-state index contributed by atoms with van der Waals surface area (Å²) >= 11 is 1.44. The summed E-state index contributed by atoms with van der Waals surface area (Å²) in [5.74, 6) is 0.386. The van der Waals surface area contributed by atoms with E-state index in [2.05, 4.69) is 11.1 Å². The van der Waals surface area contributed by atoms with Gasteiger partial charge in [-0.05, 0) is 13.0 Å². The van der Waals surface area contributed by atoms with Crippen LogP contribution in [0.5, 0.6) is 0 Å². The zero-order chi connectivity index (χ0) is 11.8. The average molecular weight is 236 g/mol. The van der Waals surface area contributed by atoms with E-state index in [1.54, 1.807) is 25.4 Å². The predicted molar refractivity (Wildman–Crippen MR) is 60.9 cm³/mol. The molecule has 5 heteroatoms. The zero-order valence-corrected chi connectivity index (χ0v) is 9.79. The molecule has 1 aromatic heterocycles. The molecule has 0 aromatic carbocycles. The molecule has 0 unspecified atom stereocenters. The van der Waals surface area contributed by atoms with Gasteiger partial charge in [0, 0.05) is 23.0 Å². The molecule has 1 aromatic rings. The molecule has 0 aliphatic carbocycles. The topological polar surface area (TPSA) is 63.0 Å². The van der Waals surface area contributed by atoms with E-state index in [9.17, 15) is 4.79 Å². The van der Waals surface area contributed by atoms with Gasteiger partial charge < -0.3 is 4.74 Å². The predicted octanol–water partition coefficient (Wildman–Crippen LogP) is 2.00. The molecule has 0 aliphatic rings. The van der Waals surface area contributed by atoms with Crippen LogP contribution in [-0.4, -0.2) is 23.3 Å². The summed E-state index contributed by atoms with van der Waals surface area (Å²) in [6.07, 6.45) is 3.56. The van der Waals surface area contributed by atoms with Crippen LogP contribution in [0.15, 0.2) is 23.4 Å². The fourth-order valence-corrected chi connectivity index (χ4v) is 1.96. The number of ether oxygens (including phenoxy) is 1. The molecule has 0 bridgehead atoms. The molecular weight excluding hydrogens is 224 g/mol. The van der Waals surface area contributed by atoms with Crippen LogP contribution in [0.1, 0.15) is 18.9 Å². The Kier molecular flexibility index (Phi) is 5.37. The second-order valence-electron chi connectivity index (χ2n) is 2.89. The van der Waals surface area contributed by atoms with Crippen molar-refractivity contribution in [3.63, 3.8) is 0 Å². The largest absolute Gasteiger partial charge is 0.466 e. The second-order valence-corrected chi connectivity index (χ2v) is 4.02. The van der Waals surface area contributed by atoms with Crippen LogP contribution in [0.2, 0.25) is 0 Å². The molecular formula is C11H12N2O2S. The van der Waals surface area contributed by atoms with Crippen LogP contribution in [0.25, 0.3) is 0 Å². The SMILES string of the molecule is CCOC(=O)CCSc1cnccc1C#N. The number of nitriles is 1. The minimum absolute atomic E-state index is 0.211. The second kappa shape index (κ2) is 6.85. The number of aromatic nitrogens is 1. The minimum atomic E-state index is -0.211. The Bertz CT molecular complexity index is 401. The van der Waals surface area contributed by atoms with Crippen molar-refractivity contribution >= 4 is 17.7 Å². The van der Waals surface area contributed by atoms with E-state index in [-0.39, 0.29) is 5.97 Å². The van der Waals surface area contributed by atoms with Gasteiger partial charge in [-0.2, -0.15) is 5.26 Å². The number of thioether (sulfide) groups is 1. The van der Waals surface area contributed by atoms with Gasteiger partial charge >= 0.3 is 5.97 Å². The number of pyridine rings is 1. The molecule has 0 saturated heterocycles. The van der Waals surface area contributed by atoms with E-state index < -0.39 is 0 Å². The summed E-state index contributed by atoms with van der Waals surface area (Å²) in [4.78, 5) is 15.8. The van der Waals surface area contributed by atoms with Crippen LogP contribution >= 0.6 is 11.8 Å². The highest BCUT2D eigenvalue weighted by atomic mass is 32.2. The third-order valence-corrected chi connectivity index (χ3v) is 2.82. The number of nitrogens with zero attached hydrogens (tertiary/aromatic N) is 2. The highest BCUT2D eigenvalue weighted by molar-refractivity contribution is 7.99. The van der Waals surface area contributed by atoms with Gasteiger partial charge in [0.05, 0.1) is 18.6 Å². The van der Waals surface area contributed by atoms with Crippen LogP contribution in [0.4, 0.5) is 0 Å². The summed E-state index contributed by atoms with van der Waals surface area (Å²) in [6.45, 7) is 2.18. The van der Waals surface area contributed by atoms with Crippen molar-refractivity contribution in [1.82, 2.24) is 4.98 Å². The molecule has 16 heavy (non-hydrogen) atoms. The Morgan fingerprint density at radius 1 is 1.69 bits per heavy atom.